The summed E-state index contributed by atoms with van der Waals surface area (Å²) in [6, 6.07) is 31.0. The molecule has 26 nitrogen and oxygen atoms in total. The number of hydrogen-bond acceptors (Lipinski definition) is 23. The fraction of sp³-hybridized carbons (Fsp3) is 0.512. The van der Waals surface area contributed by atoms with Crippen LogP contribution in [0.5, 0.6) is 5.75 Å². The van der Waals surface area contributed by atoms with Crippen LogP contribution in [0.3, 0.4) is 0 Å². The van der Waals surface area contributed by atoms with Crippen LogP contribution in [0.2, 0.25) is 5.02 Å². The number of carbonyl (C=O) groups excluding carboxylic acids is 5. The summed E-state index contributed by atoms with van der Waals surface area (Å²) in [5.74, 6) is -0.780. The van der Waals surface area contributed by atoms with Crippen molar-refractivity contribution in [3.63, 3.8) is 0 Å². The third-order valence-electron chi connectivity index (χ3n) is 22.8. The molecule has 4 fully saturated rings. The Bertz CT molecular complexity index is 4870. The largest absolute Gasteiger partial charge is 0.501 e. The number of anilines is 2. The fourth-order valence-electron chi connectivity index (χ4n) is 15.9. The minimum atomic E-state index is -6.17. The Balaban J connectivity index is 0.535. The van der Waals surface area contributed by atoms with Crippen LogP contribution in [0.4, 0.5) is 24.5 Å². The van der Waals surface area contributed by atoms with E-state index in [0.717, 1.165) is 107 Å². The van der Waals surface area contributed by atoms with Gasteiger partial charge in [0, 0.05) is 129 Å². The number of amides is 4. The summed E-state index contributed by atoms with van der Waals surface area (Å²) in [5, 5.41) is 20.6. The van der Waals surface area contributed by atoms with Gasteiger partial charge in [-0.1, -0.05) is 98.0 Å². The number of halogens is 4. The van der Waals surface area contributed by atoms with E-state index < -0.39 is 64.9 Å². The number of ether oxygens (including phenoxy) is 4. The summed E-state index contributed by atoms with van der Waals surface area (Å²) >= 11 is 9.00. The van der Waals surface area contributed by atoms with Gasteiger partial charge in [-0.2, -0.15) is 13.2 Å². The number of benzene rings is 5. The Morgan fingerprint density at radius 3 is 2.17 bits per heavy atom. The van der Waals surface area contributed by atoms with Crippen molar-refractivity contribution in [2.24, 2.45) is 11.3 Å². The van der Waals surface area contributed by atoms with Crippen LogP contribution >= 0.6 is 34.7 Å². The quantitative estimate of drug-likeness (QED) is 0.0158. The van der Waals surface area contributed by atoms with Crippen LogP contribution in [0.15, 0.2) is 153 Å². The monoisotopic (exact) mass is 1750 g/mol. The first-order valence-corrected chi connectivity index (χ1v) is 46.5. The number of thiazole rings is 1. The maximum absolute atomic E-state index is 14.6. The number of hydrogen-bond donors (Lipinski definition) is 4. The Morgan fingerprint density at radius 1 is 0.750 bits per heavy atom. The van der Waals surface area contributed by atoms with E-state index in [2.05, 4.69) is 66.9 Å². The second kappa shape index (κ2) is 42.6. The van der Waals surface area contributed by atoms with Crippen LogP contribution in [0.25, 0.3) is 5.57 Å². The number of aromatic nitrogens is 4. The number of aryl methyl sites for hydroxylation is 1. The van der Waals surface area contributed by atoms with Gasteiger partial charge in [0.1, 0.15) is 39.7 Å². The van der Waals surface area contributed by atoms with Crippen molar-refractivity contribution < 1.29 is 72.9 Å². The van der Waals surface area contributed by atoms with E-state index in [1.165, 1.54) is 51.9 Å². The van der Waals surface area contributed by atoms with Crippen molar-refractivity contribution >= 4 is 101 Å². The second-order valence-electron chi connectivity index (χ2n) is 32.0. The number of rotatable bonds is 40. The van der Waals surface area contributed by atoms with Crippen molar-refractivity contribution in [1.82, 2.24) is 54.9 Å². The number of nitrogens with zero attached hydrogens (tertiary/aromatic N) is 9. The lowest BCUT2D eigenvalue weighted by Gasteiger charge is -2.39. The molecule has 4 atom stereocenters. The number of ketones is 1. The summed E-state index contributed by atoms with van der Waals surface area (Å²) in [5.41, 5.74) is 0.0237. The molecule has 5 aromatic carbocycles. The standard InChI is InChI=1S/C86H109ClF3N13O13S4/c1-60(91-4)81(106)94-79(62-14-7-5-8-15-62)84(108)103-36-12-20-76(103)83-93-75(59-118-83)80(105)64-16-11-17-70(52-64)116-51-50-114-47-46-113-48-49-115-57-68-56-102(97-95-68)35-13-21-78(104)101-44-38-98(39-45-101)37-33-67(58-117-71-18-9-6-10-19-71)92-74-31-30-72(53-77(74)119(109,110)86(88,89)90)120(111,112)96-82(107)63-24-28-69(29-25-63)100-42-40-99(41-43-100)55-65-54-85(2,3)34-32-73(65)61-22-26-66(87)27-23-61/h6,9-11,16-19,22-31,52-53,56,59-60,62,67,76,79,91-92H,5,7-8,12-15,20-21,32-51,54-55,57-58H2,1-4H3,(H,94,106)(H,96,107)/t60-,67+,76-,79+/m0/s1. The van der Waals surface area contributed by atoms with E-state index in [1.54, 1.807) is 71.5 Å². The molecule has 1 saturated carbocycles. The lowest BCUT2D eigenvalue weighted by atomic mass is 9.73. The highest BCUT2D eigenvalue weighted by Crippen LogP contribution is 2.44. The van der Waals surface area contributed by atoms with Gasteiger partial charge in [0.05, 0.1) is 68.5 Å². The highest BCUT2D eigenvalue weighted by atomic mass is 35.5. The number of likely N-dealkylation sites (tertiary alicyclic amines) is 1. The molecule has 2 aliphatic carbocycles. The van der Waals surface area contributed by atoms with Crippen LogP contribution in [0, 0.1) is 11.3 Å². The van der Waals surface area contributed by atoms with Crippen molar-refractivity contribution in [3.8, 4) is 5.75 Å². The lowest BCUT2D eigenvalue weighted by Crippen LogP contribution is -2.55. The van der Waals surface area contributed by atoms with Gasteiger partial charge in [-0.3, -0.25) is 38.5 Å². The molecule has 5 heterocycles. The van der Waals surface area contributed by atoms with Crippen molar-refractivity contribution in [2.45, 2.75) is 162 Å². The molecule has 0 bridgehead atoms. The third kappa shape index (κ3) is 25.0. The summed E-state index contributed by atoms with van der Waals surface area (Å²) in [6.07, 6.45) is 12.4. The molecule has 12 rings (SSSR count). The molecule has 5 aliphatic rings. The van der Waals surface area contributed by atoms with Crippen LogP contribution in [-0.2, 0) is 61.6 Å². The molecule has 0 radical (unpaired) electrons. The minimum Gasteiger partial charge on any atom is -0.491 e. The van der Waals surface area contributed by atoms with E-state index in [-0.39, 0.29) is 78.4 Å². The number of thioether (sulfide) groups is 1. The van der Waals surface area contributed by atoms with Gasteiger partial charge in [-0.25, -0.2) is 26.5 Å². The molecule has 7 aromatic rings. The molecule has 2 aromatic heterocycles. The van der Waals surface area contributed by atoms with Crippen LogP contribution < -0.4 is 30.3 Å². The van der Waals surface area contributed by atoms with Gasteiger partial charge in [0.15, 0.2) is 0 Å². The molecule has 0 spiro atoms. The van der Waals surface area contributed by atoms with E-state index in [0.29, 0.717) is 137 Å². The van der Waals surface area contributed by atoms with E-state index in [4.69, 9.17) is 35.5 Å². The Labute approximate surface area is 714 Å². The average Bonchev–Trinajstić information content (AvgIpc) is 0.898. The summed E-state index contributed by atoms with van der Waals surface area (Å²) < 4.78 is 125. The molecule has 4 amide bonds. The number of alkyl halides is 3. The maximum Gasteiger partial charge on any atom is 0.501 e. The normalized spacial score (nSPS) is 18.0. The molecular formula is C86H109ClF3N13O13S4. The van der Waals surface area contributed by atoms with Gasteiger partial charge in [-0.05, 0) is 173 Å². The van der Waals surface area contributed by atoms with Crippen LogP contribution in [0.1, 0.15) is 153 Å². The number of carbonyl (C=O) groups is 5. The zero-order valence-electron chi connectivity index (χ0n) is 68.4. The van der Waals surface area contributed by atoms with Gasteiger partial charge >= 0.3 is 5.51 Å². The summed E-state index contributed by atoms with van der Waals surface area (Å²) in [6.45, 7) is 15.5. The number of piperazine rings is 2. The molecule has 34 heteroatoms. The Kier molecular flexibility index (Phi) is 32.3. The van der Waals surface area contributed by atoms with E-state index in [9.17, 15) is 54.0 Å². The first-order chi connectivity index (χ1) is 57.7. The highest BCUT2D eigenvalue weighted by Gasteiger charge is 2.49. The van der Waals surface area contributed by atoms with Gasteiger partial charge in [0.25, 0.3) is 25.8 Å². The fourth-order valence-corrected chi connectivity index (χ4v) is 20.0. The second-order valence-corrected chi connectivity index (χ2v) is 38.0. The van der Waals surface area contributed by atoms with Crippen LogP contribution in [-0.4, -0.2) is 234 Å². The highest BCUT2D eigenvalue weighted by molar-refractivity contribution is 7.99. The zero-order chi connectivity index (χ0) is 85.0. The molecule has 120 heavy (non-hydrogen) atoms. The first kappa shape index (κ1) is 90.9. The number of nitrogens with one attached hydrogen (secondary N) is 4. The molecular weight excluding hydrogens is 1640 g/mol. The van der Waals surface area contributed by atoms with Gasteiger partial charge < -0.3 is 49.6 Å². The van der Waals surface area contributed by atoms with E-state index in [1.807, 2.05) is 52.1 Å². The smallest absolute Gasteiger partial charge is 0.491 e. The number of sulfonamides is 1. The third-order valence-corrected chi connectivity index (χ3v) is 28.1. The molecule has 4 N–H and O–H groups in total. The number of sulfone groups is 1. The molecule has 3 saturated heterocycles. The number of likely N-dealkylation sites (N-methyl/N-ethyl adjacent to an activating group) is 1. The molecule has 648 valence electrons. The summed E-state index contributed by atoms with van der Waals surface area (Å²) in [7, 11) is -9.39. The predicted octanol–water partition coefficient (Wildman–Crippen LogP) is 12.4. The summed E-state index contributed by atoms with van der Waals surface area (Å²) in [4.78, 5) is 82.0. The molecule has 0 unspecified atom stereocenters. The minimum absolute atomic E-state index is 0.0294. The van der Waals surface area contributed by atoms with Gasteiger partial charge in [-0.15, -0.1) is 28.2 Å². The Hall–Kier alpha value is -8.35. The lowest BCUT2D eigenvalue weighted by molar-refractivity contribution is -0.139. The Morgan fingerprint density at radius 2 is 1.46 bits per heavy atom. The molecule has 3 aliphatic heterocycles. The zero-order valence-corrected chi connectivity index (χ0v) is 72.4. The predicted molar refractivity (Wildman–Crippen MR) is 456 cm³/mol. The van der Waals surface area contributed by atoms with Crippen molar-refractivity contribution in [1.29, 1.82) is 0 Å². The SMILES string of the molecule is CN[C@@H](C)C(=O)N[C@@H](C(=O)N1CCC[C@H]1c1nc(C(=O)c2cccc(OCCOCCOCCOCc3cn(CCCC(=O)N4CCN(CC[C@H](CSc5ccccc5)Nc5ccc(S(=O)(=O)NC(=O)c6ccc(N7CCN(CC8=C(c9ccc(Cl)cc9)CCC(C)(C)C8)CC7)cc6)cc5S(=O)(=O)C(F)(F)F)CC4)nn3)c2)cs1)C1CCCCC1. The van der Waals surface area contributed by atoms with Gasteiger partial charge in [0.2, 0.25) is 23.5 Å². The van der Waals surface area contributed by atoms with E-state index >= 15 is 0 Å². The average molecular weight is 1750 g/mol. The van der Waals surface area contributed by atoms with Crippen molar-refractivity contribution in [2.75, 3.05) is 135 Å². The topological polar surface area (TPSA) is 298 Å². The first-order valence-electron chi connectivity index (χ1n) is 41.3. The number of allylic oxidation sites excluding steroid dienone is 1. The van der Waals surface area contributed by atoms with Crippen molar-refractivity contribution in [3.05, 3.63) is 177 Å². The maximum atomic E-state index is 14.6.